The van der Waals surface area contributed by atoms with E-state index in [0.29, 0.717) is 0 Å². The molecule has 0 aliphatic heterocycles. The third kappa shape index (κ3) is 5.12. The minimum absolute atomic E-state index is 0.252. The van der Waals surface area contributed by atoms with Crippen LogP contribution in [0, 0.1) is 13.8 Å². The Morgan fingerprint density at radius 1 is 0.500 bits per heavy atom. The first-order valence-corrected chi connectivity index (χ1v) is 15.8. The zero-order valence-electron chi connectivity index (χ0n) is 27.4. The van der Waals surface area contributed by atoms with E-state index < -0.39 is 0 Å². The van der Waals surface area contributed by atoms with Crippen LogP contribution in [0.15, 0.2) is 78.9 Å². The maximum Gasteiger partial charge on any atom is 0.0726 e. The summed E-state index contributed by atoms with van der Waals surface area (Å²) in [6.45, 7) is 27.0. The molecule has 4 aromatic carbocycles. The molecule has 1 nitrogen and oxygen atoms in total. The van der Waals surface area contributed by atoms with E-state index in [9.17, 15) is 0 Å². The number of anilines is 1. The van der Waals surface area contributed by atoms with E-state index in [-0.39, 0.29) is 5.41 Å². The lowest BCUT2D eigenvalue weighted by atomic mass is 9.70. The van der Waals surface area contributed by atoms with Gasteiger partial charge in [0.15, 0.2) is 0 Å². The standard InChI is InChI=1S/C31H29N.4C2H6/c1-5-32(6-2)29-13-9-12-26-30(29)24-10-7-8-11-25(24)31(26)27-18-20(3)14-16-22(27)23-17-15-21(4)19-28(23)31;4*1-2/h7-19H,5-6H2,1-4H3;4*1-2H3. The normalized spacial score (nSPS) is 11.9. The number of aryl methyl sites for hydroxylation is 2. The Balaban J connectivity index is 0.000000646. The van der Waals surface area contributed by atoms with E-state index in [2.05, 4.69) is 111 Å². The van der Waals surface area contributed by atoms with Crippen LogP contribution in [0.2, 0.25) is 0 Å². The monoisotopic (exact) mass is 535 g/mol. The first kappa shape index (κ1) is 32.9. The Bertz CT molecular complexity index is 1320. The molecule has 0 saturated heterocycles. The highest BCUT2D eigenvalue weighted by Gasteiger charge is 2.52. The first-order valence-electron chi connectivity index (χ1n) is 15.8. The zero-order chi connectivity index (χ0) is 30.0. The Hall–Kier alpha value is -3.32. The zero-order valence-corrected chi connectivity index (χ0v) is 27.4. The molecule has 1 heteroatoms. The second-order valence-electron chi connectivity index (χ2n) is 9.27. The summed E-state index contributed by atoms with van der Waals surface area (Å²) in [5, 5.41) is 0. The van der Waals surface area contributed by atoms with E-state index in [0.717, 1.165) is 13.1 Å². The molecule has 6 rings (SSSR count). The van der Waals surface area contributed by atoms with Gasteiger partial charge < -0.3 is 4.90 Å². The minimum Gasteiger partial charge on any atom is -0.372 e. The molecule has 0 unspecified atom stereocenters. The first-order chi connectivity index (χ1) is 19.6. The molecule has 1 spiro atoms. The van der Waals surface area contributed by atoms with Gasteiger partial charge in [-0.25, -0.2) is 0 Å². The molecule has 0 radical (unpaired) electrons. The van der Waals surface area contributed by atoms with Gasteiger partial charge >= 0.3 is 0 Å². The maximum atomic E-state index is 2.50. The van der Waals surface area contributed by atoms with Crippen molar-refractivity contribution in [2.24, 2.45) is 0 Å². The van der Waals surface area contributed by atoms with Crippen LogP contribution < -0.4 is 4.90 Å². The van der Waals surface area contributed by atoms with Gasteiger partial charge in [0.05, 0.1) is 5.41 Å². The highest BCUT2D eigenvalue weighted by Crippen LogP contribution is 2.64. The fourth-order valence-electron chi connectivity index (χ4n) is 6.27. The Morgan fingerprint density at radius 2 is 0.975 bits per heavy atom. The number of hydrogen-bond donors (Lipinski definition) is 0. The van der Waals surface area contributed by atoms with Gasteiger partial charge in [-0.3, -0.25) is 0 Å². The predicted molar refractivity (Wildman–Crippen MR) is 181 cm³/mol. The third-order valence-electron chi connectivity index (χ3n) is 7.60. The minimum atomic E-state index is -0.252. The molecule has 2 aliphatic carbocycles. The van der Waals surface area contributed by atoms with Crippen molar-refractivity contribution in [1.82, 2.24) is 0 Å². The van der Waals surface area contributed by atoms with Gasteiger partial charge in [-0.15, -0.1) is 0 Å². The van der Waals surface area contributed by atoms with Crippen molar-refractivity contribution >= 4 is 5.69 Å². The van der Waals surface area contributed by atoms with E-state index in [1.165, 1.54) is 61.3 Å². The van der Waals surface area contributed by atoms with Crippen LogP contribution in [-0.2, 0) is 5.41 Å². The van der Waals surface area contributed by atoms with Crippen LogP contribution in [-0.4, -0.2) is 13.1 Å². The van der Waals surface area contributed by atoms with Crippen LogP contribution in [0.4, 0.5) is 5.69 Å². The van der Waals surface area contributed by atoms with E-state index in [1.54, 1.807) is 0 Å². The smallest absolute Gasteiger partial charge is 0.0726 e. The molecule has 0 bridgehead atoms. The topological polar surface area (TPSA) is 3.24 Å². The highest BCUT2D eigenvalue weighted by atomic mass is 15.1. The second-order valence-corrected chi connectivity index (χ2v) is 9.27. The lowest BCUT2D eigenvalue weighted by Crippen LogP contribution is -2.27. The number of benzene rings is 4. The van der Waals surface area contributed by atoms with Crippen molar-refractivity contribution in [1.29, 1.82) is 0 Å². The molecule has 0 aromatic heterocycles. The summed E-state index contributed by atoms with van der Waals surface area (Å²) in [5.41, 5.74) is 15.0. The molecule has 40 heavy (non-hydrogen) atoms. The van der Waals surface area contributed by atoms with E-state index in [1.807, 2.05) is 55.4 Å². The summed E-state index contributed by atoms with van der Waals surface area (Å²) in [6, 6.07) is 30.1. The molecule has 0 saturated carbocycles. The molecule has 0 heterocycles. The lowest BCUT2D eigenvalue weighted by molar-refractivity contribution is 0.790. The second kappa shape index (κ2) is 14.9. The van der Waals surface area contributed by atoms with Gasteiger partial charge in [0.1, 0.15) is 0 Å². The Kier molecular flexibility index (Phi) is 12.2. The summed E-state index contributed by atoms with van der Waals surface area (Å²) < 4.78 is 0. The van der Waals surface area contributed by atoms with Gasteiger partial charge in [0, 0.05) is 24.3 Å². The van der Waals surface area contributed by atoms with Crippen molar-refractivity contribution in [2.75, 3.05) is 18.0 Å². The Morgan fingerprint density at radius 3 is 1.48 bits per heavy atom. The van der Waals surface area contributed by atoms with Crippen LogP contribution in [0.25, 0.3) is 22.3 Å². The van der Waals surface area contributed by atoms with Crippen LogP contribution in [0.3, 0.4) is 0 Å². The molecule has 0 amide bonds. The van der Waals surface area contributed by atoms with Crippen LogP contribution in [0.5, 0.6) is 0 Å². The van der Waals surface area contributed by atoms with Crippen molar-refractivity contribution in [2.45, 2.75) is 88.5 Å². The van der Waals surface area contributed by atoms with Gasteiger partial charge in [0.2, 0.25) is 0 Å². The predicted octanol–water partition coefficient (Wildman–Crippen LogP) is 11.6. The summed E-state index contributed by atoms with van der Waals surface area (Å²) in [5.74, 6) is 0. The largest absolute Gasteiger partial charge is 0.372 e. The third-order valence-corrected chi connectivity index (χ3v) is 7.60. The molecule has 2 aliphatic rings. The van der Waals surface area contributed by atoms with Gasteiger partial charge in [0.25, 0.3) is 0 Å². The number of fused-ring (bicyclic) bond motifs is 10. The van der Waals surface area contributed by atoms with Crippen molar-refractivity contribution in [3.8, 4) is 22.3 Å². The van der Waals surface area contributed by atoms with E-state index >= 15 is 0 Å². The number of rotatable bonds is 3. The van der Waals surface area contributed by atoms with Gasteiger partial charge in [-0.05, 0) is 72.7 Å². The average molecular weight is 536 g/mol. The molecule has 0 fully saturated rings. The number of hydrogen-bond acceptors (Lipinski definition) is 1. The van der Waals surface area contributed by atoms with Gasteiger partial charge in [-0.2, -0.15) is 0 Å². The quantitative estimate of drug-likeness (QED) is 0.218. The summed E-state index contributed by atoms with van der Waals surface area (Å²) in [4.78, 5) is 2.50. The summed E-state index contributed by atoms with van der Waals surface area (Å²) in [7, 11) is 0. The van der Waals surface area contributed by atoms with Gasteiger partial charge in [-0.1, -0.05) is 139 Å². The summed E-state index contributed by atoms with van der Waals surface area (Å²) >= 11 is 0. The Labute approximate surface area is 246 Å². The van der Waals surface area contributed by atoms with Crippen LogP contribution >= 0.6 is 0 Å². The fourth-order valence-corrected chi connectivity index (χ4v) is 6.27. The van der Waals surface area contributed by atoms with E-state index in [4.69, 9.17) is 0 Å². The highest BCUT2D eigenvalue weighted by molar-refractivity contribution is 5.99. The number of nitrogens with zero attached hydrogens (tertiary/aromatic N) is 1. The fraction of sp³-hybridized carbons (Fsp3) is 0.385. The van der Waals surface area contributed by atoms with Crippen molar-refractivity contribution < 1.29 is 0 Å². The molecule has 4 aromatic rings. The van der Waals surface area contributed by atoms with Crippen molar-refractivity contribution in [3.05, 3.63) is 112 Å². The average Bonchev–Trinajstić information content (AvgIpc) is 3.48. The molecule has 214 valence electrons. The van der Waals surface area contributed by atoms with Crippen LogP contribution in [0.1, 0.15) is 103 Å². The molecule has 0 atom stereocenters. The molecule has 0 N–H and O–H groups in total. The maximum absolute atomic E-state index is 2.50. The summed E-state index contributed by atoms with van der Waals surface area (Å²) in [6.07, 6.45) is 0. The molecular weight excluding hydrogens is 482 g/mol. The van der Waals surface area contributed by atoms with Crippen molar-refractivity contribution in [3.63, 3.8) is 0 Å². The lowest BCUT2D eigenvalue weighted by Gasteiger charge is -2.31. The molecular formula is C39H53N. The SMILES string of the molecule is CC.CC.CC.CC.CCN(CC)c1cccc2c1-c1ccccc1C21c2cc(C)ccc2-c2ccc(C)cc21.